The number of aliphatic hydroxyl groups excluding tert-OH is 2. The summed E-state index contributed by atoms with van der Waals surface area (Å²) >= 11 is 0. The Labute approximate surface area is 151 Å². The molecule has 4 aliphatic rings. The molecule has 3 fully saturated rings. The van der Waals surface area contributed by atoms with Crippen LogP contribution in [0.2, 0.25) is 0 Å². The van der Waals surface area contributed by atoms with Crippen LogP contribution in [0, 0.1) is 40.9 Å². The minimum atomic E-state index is -1.15. The van der Waals surface area contributed by atoms with Gasteiger partial charge in [-0.1, -0.05) is 31.4 Å². The van der Waals surface area contributed by atoms with Gasteiger partial charge in [-0.2, -0.15) is 0 Å². The molecule has 0 heterocycles. The summed E-state index contributed by atoms with van der Waals surface area (Å²) in [5.41, 5.74) is 0.225. The monoisotopic (exact) mass is 344 g/mol. The maximum absolute atomic E-state index is 11.3. The highest BCUT2D eigenvalue weighted by Gasteiger charge is 2.65. The zero-order valence-electron chi connectivity index (χ0n) is 15.5. The van der Waals surface area contributed by atoms with Crippen LogP contribution in [0.15, 0.2) is 11.6 Å². The van der Waals surface area contributed by atoms with Crippen molar-refractivity contribution in [2.75, 3.05) is 0 Å². The van der Waals surface area contributed by atoms with Crippen LogP contribution in [0.3, 0.4) is 0 Å². The van der Waals surface area contributed by atoms with Crippen LogP contribution in [0.4, 0.5) is 0 Å². The molecule has 0 amide bonds. The summed E-state index contributed by atoms with van der Waals surface area (Å²) in [6.07, 6.45) is 14.0. The fourth-order valence-electron chi connectivity index (χ4n) is 7.28. The van der Waals surface area contributed by atoms with E-state index in [0.29, 0.717) is 24.2 Å². The molecule has 3 N–H and O–H groups in total. The predicted molar refractivity (Wildman–Crippen MR) is 97.5 cm³/mol. The van der Waals surface area contributed by atoms with Crippen molar-refractivity contribution in [2.45, 2.75) is 83.0 Å². The molecule has 3 heteroatoms. The van der Waals surface area contributed by atoms with Gasteiger partial charge in [-0.15, -0.1) is 6.42 Å². The smallest absolute Gasteiger partial charge is 0.143 e. The lowest BCUT2D eigenvalue weighted by molar-refractivity contribution is -0.160. The molecular formula is C22H32O3. The second-order valence-electron chi connectivity index (χ2n) is 9.64. The first-order valence-corrected chi connectivity index (χ1v) is 10.0. The highest BCUT2D eigenvalue weighted by Crippen LogP contribution is 2.67. The van der Waals surface area contributed by atoms with Crippen molar-refractivity contribution in [3.8, 4) is 12.3 Å². The van der Waals surface area contributed by atoms with Crippen molar-refractivity contribution in [3.05, 3.63) is 11.6 Å². The average Bonchev–Trinajstić information content (AvgIpc) is 2.87. The average molecular weight is 344 g/mol. The van der Waals surface area contributed by atoms with Crippen molar-refractivity contribution < 1.29 is 15.3 Å². The predicted octanol–water partition coefficient (Wildman–Crippen LogP) is 3.04. The van der Waals surface area contributed by atoms with Gasteiger partial charge in [0.2, 0.25) is 0 Å². The van der Waals surface area contributed by atoms with E-state index in [1.54, 1.807) is 0 Å². The van der Waals surface area contributed by atoms with E-state index in [1.165, 1.54) is 5.57 Å². The second kappa shape index (κ2) is 5.59. The van der Waals surface area contributed by atoms with Gasteiger partial charge in [0.05, 0.1) is 6.10 Å². The molecule has 25 heavy (non-hydrogen) atoms. The minimum Gasteiger partial charge on any atom is -0.393 e. The lowest BCUT2D eigenvalue weighted by atomic mass is 9.46. The first-order chi connectivity index (χ1) is 11.8. The SMILES string of the molecule is C#C[C@@H](O)[C@]1(O)CC[C@H]2[C@@H]3CC=C4C[C@@H](O)CC[C@]4(C)[C@H]3CC[C@@]21C. The number of terminal acetylenes is 1. The quantitative estimate of drug-likeness (QED) is 0.506. The molecule has 0 unspecified atom stereocenters. The second-order valence-corrected chi connectivity index (χ2v) is 9.64. The number of aliphatic hydroxyl groups is 3. The molecule has 0 spiro atoms. The number of hydrogen-bond acceptors (Lipinski definition) is 3. The van der Waals surface area contributed by atoms with Crippen LogP contribution in [0.5, 0.6) is 0 Å². The zero-order valence-corrected chi connectivity index (χ0v) is 15.5. The largest absolute Gasteiger partial charge is 0.393 e. The Morgan fingerprint density at radius 1 is 1.16 bits per heavy atom. The van der Waals surface area contributed by atoms with E-state index < -0.39 is 11.7 Å². The van der Waals surface area contributed by atoms with Gasteiger partial charge in [0.25, 0.3) is 0 Å². The van der Waals surface area contributed by atoms with Crippen molar-refractivity contribution in [3.63, 3.8) is 0 Å². The summed E-state index contributed by atoms with van der Waals surface area (Å²) in [5.74, 6) is 4.00. The third-order valence-corrected chi connectivity index (χ3v) is 8.90. The van der Waals surface area contributed by atoms with Crippen LogP contribution < -0.4 is 0 Å². The minimum absolute atomic E-state index is 0.174. The van der Waals surface area contributed by atoms with Gasteiger partial charge >= 0.3 is 0 Å². The van der Waals surface area contributed by atoms with Crippen LogP contribution in [0.25, 0.3) is 0 Å². The van der Waals surface area contributed by atoms with E-state index in [2.05, 4.69) is 25.8 Å². The molecule has 0 bridgehead atoms. The summed E-state index contributed by atoms with van der Waals surface area (Å²) < 4.78 is 0. The van der Waals surface area contributed by atoms with Gasteiger partial charge in [-0.3, -0.25) is 0 Å². The Balaban J connectivity index is 1.68. The Hall–Kier alpha value is -0.820. The molecule has 138 valence electrons. The zero-order chi connectivity index (χ0) is 18.0. The fraction of sp³-hybridized carbons (Fsp3) is 0.818. The molecule has 0 radical (unpaired) electrons. The lowest BCUT2D eigenvalue weighted by Gasteiger charge is -2.59. The third-order valence-electron chi connectivity index (χ3n) is 8.90. The van der Waals surface area contributed by atoms with Gasteiger partial charge < -0.3 is 15.3 Å². The molecule has 3 saturated carbocycles. The summed E-state index contributed by atoms with van der Waals surface area (Å²) in [5, 5.41) is 31.7. The number of allylic oxidation sites excluding steroid dienone is 1. The van der Waals surface area contributed by atoms with E-state index in [-0.39, 0.29) is 16.9 Å². The van der Waals surface area contributed by atoms with Gasteiger partial charge in [0.15, 0.2) is 0 Å². The van der Waals surface area contributed by atoms with E-state index in [0.717, 1.165) is 44.9 Å². The van der Waals surface area contributed by atoms with E-state index >= 15 is 0 Å². The third kappa shape index (κ3) is 2.17. The van der Waals surface area contributed by atoms with Crippen molar-refractivity contribution in [2.24, 2.45) is 28.6 Å². The Kier molecular flexibility index (Phi) is 3.93. The molecule has 3 nitrogen and oxygen atoms in total. The molecule has 0 aromatic rings. The molecule has 0 aliphatic heterocycles. The Bertz CT molecular complexity index is 634. The topological polar surface area (TPSA) is 60.7 Å². The maximum Gasteiger partial charge on any atom is 0.143 e. The highest BCUT2D eigenvalue weighted by atomic mass is 16.3. The Morgan fingerprint density at radius 2 is 1.88 bits per heavy atom. The summed E-state index contributed by atoms with van der Waals surface area (Å²) in [4.78, 5) is 0. The summed E-state index contributed by atoms with van der Waals surface area (Å²) in [6.45, 7) is 4.56. The maximum atomic E-state index is 11.3. The molecular weight excluding hydrogens is 312 g/mol. The van der Waals surface area contributed by atoms with E-state index in [4.69, 9.17) is 6.42 Å². The van der Waals surface area contributed by atoms with Gasteiger partial charge in [0.1, 0.15) is 11.7 Å². The van der Waals surface area contributed by atoms with Crippen LogP contribution in [-0.2, 0) is 0 Å². The Morgan fingerprint density at radius 3 is 2.60 bits per heavy atom. The first-order valence-electron chi connectivity index (χ1n) is 10.0. The van der Waals surface area contributed by atoms with Crippen LogP contribution in [0.1, 0.15) is 65.2 Å². The molecule has 4 aliphatic carbocycles. The standard InChI is InChI=1S/C22H32O3/c1-4-19(24)22(25)12-9-18-16-6-5-14-13-15(23)7-10-20(14,2)17(16)8-11-21(18,22)3/h1,5,15-19,23-25H,6-13H2,2-3H3/t15-,16+,17-,18-,19+,20-,21-,22+/m0/s1. The van der Waals surface area contributed by atoms with E-state index in [1.807, 2.05) is 0 Å². The van der Waals surface area contributed by atoms with Crippen molar-refractivity contribution >= 4 is 0 Å². The van der Waals surface area contributed by atoms with Gasteiger partial charge in [-0.05, 0) is 74.5 Å². The molecule has 0 aromatic heterocycles. The van der Waals surface area contributed by atoms with E-state index in [9.17, 15) is 15.3 Å². The van der Waals surface area contributed by atoms with Crippen molar-refractivity contribution in [1.29, 1.82) is 0 Å². The number of rotatable bonds is 1. The number of hydrogen-bond donors (Lipinski definition) is 3. The molecule has 0 saturated heterocycles. The van der Waals surface area contributed by atoms with Gasteiger partial charge in [0, 0.05) is 5.41 Å². The highest BCUT2D eigenvalue weighted by molar-refractivity contribution is 5.27. The summed E-state index contributed by atoms with van der Waals surface area (Å²) in [6, 6.07) is 0. The van der Waals surface area contributed by atoms with Crippen LogP contribution >= 0.6 is 0 Å². The molecule has 8 atom stereocenters. The molecule has 4 rings (SSSR count). The lowest BCUT2D eigenvalue weighted by Crippen LogP contribution is -2.58. The fourth-order valence-corrected chi connectivity index (χ4v) is 7.28. The van der Waals surface area contributed by atoms with Gasteiger partial charge in [-0.25, -0.2) is 0 Å². The van der Waals surface area contributed by atoms with Crippen LogP contribution in [-0.4, -0.2) is 33.1 Å². The van der Waals surface area contributed by atoms with Crippen molar-refractivity contribution in [1.82, 2.24) is 0 Å². The first kappa shape index (κ1) is 17.6. The summed E-state index contributed by atoms with van der Waals surface area (Å²) in [7, 11) is 0. The number of fused-ring (bicyclic) bond motifs is 5. The normalized spacial score (nSPS) is 53.0. The molecule has 0 aromatic carbocycles.